The van der Waals surface area contributed by atoms with E-state index < -0.39 is 0 Å². The second-order valence-electron chi connectivity index (χ2n) is 3.86. The maximum absolute atomic E-state index is 11.4. The molecule has 1 aromatic heterocycles. The van der Waals surface area contributed by atoms with Crippen molar-refractivity contribution in [3.63, 3.8) is 0 Å². The van der Waals surface area contributed by atoms with Crippen LogP contribution in [0.1, 0.15) is 15.9 Å². The van der Waals surface area contributed by atoms with Crippen molar-refractivity contribution in [2.24, 2.45) is 0 Å². The van der Waals surface area contributed by atoms with Crippen molar-refractivity contribution >= 4 is 17.5 Å². The highest BCUT2D eigenvalue weighted by Gasteiger charge is 2.06. The number of anilines is 2. The number of hydrogen-bond acceptors (Lipinski definition) is 4. The van der Waals surface area contributed by atoms with Crippen molar-refractivity contribution < 1.29 is 9.53 Å². The monoisotopic (exact) mass is 242 g/mol. The molecule has 0 unspecified atom stereocenters. The molecule has 0 saturated heterocycles. The summed E-state index contributed by atoms with van der Waals surface area (Å²) >= 11 is 0. The third-order valence-corrected chi connectivity index (χ3v) is 2.59. The average molecular weight is 242 g/mol. The molecule has 0 aliphatic rings. The lowest BCUT2D eigenvalue weighted by Crippen LogP contribution is -2.03. The van der Waals surface area contributed by atoms with Gasteiger partial charge in [-0.3, -0.25) is 0 Å². The first-order chi connectivity index (χ1) is 8.70. The molecule has 4 heteroatoms. The zero-order valence-corrected chi connectivity index (χ0v) is 10.3. The second-order valence-corrected chi connectivity index (χ2v) is 3.86. The summed E-state index contributed by atoms with van der Waals surface area (Å²) in [5.74, 6) is 0.248. The number of hydrogen-bond donors (Lipinski definition) is 1. The fraction of sp³-hybridized carbons (Fsp3) is 0.143. The number of benzene rings is 1. The molecule has 0 aliphatic heterocycles. The summed E-state index contributed by atoms with van der Waals surface area (Å²) in [7, 11) is 1.36. The lowest BCUT2D eigenvalue weighted by Gasteiger charge is -2.09. The number of nitrogens with one attached hydrogen (secondary N) is 1. The molecule has 92 valence electrons. The maximum atomic E-state index is 11.4. The summed E-state index contributed by atoms with van der Waals surface area (Å²) in [5.41, 5.74) is 2.55. The Morgan fingerprint density at radius 2 is 2.06 bits per heavy atom. The van der Waals surface area contributed by atoms with Crippen molar-refractivity contribution in [3.8, 4) is 0 Å². The number of ether oxygens (including phenoxy) is 1. The first-order valence-corrected chi connectivity index (χ1v) is 5.58. The number of aryl methyl sites for hydroxylation is 1. The van der Waals surface area contributed by atoms with Gasteiger partial charge in [0, 0.05) is 11.9 Å². The Labute approximate surface area is 106 Å². The molecule has 1 N–H and O–H groups in total. The van der Waals surface area contributed by atoms with Crippen LogP contribution in [-0.4, -0.2) is 18.1 Å². The van der Waals surface area contributed by atoms with Crippen LogP contribution in [0.5, 0.6) is 0 Å². The Bertz CT molecular complexity index is 567. The van der Waals surface area contributed by atoms with Crippen LogP contribution in [0.25, 0.3) is 0 Å². The molecule has 0 amide bonds. The van der Waals surface area contributed by atoms with E-state index in [9.17, 15) is 4.79 Å². The molecule has 2 aromatic rings. The van der Waals surface area contributed by atoms with Crippen molar-refractivity contribution in [1.82, 2.24) is 4.98 Å². The number of carbonyl (C=O) groups excluding carboxylic acids is 1. The van der Waals surface area contributed by atoms with Gasteiger partial charge >= 0.3 is 5.97 Å². The summed E-state index contributed by atoms with van der Waals surface area (Å²) < 4.78 is 4.67. The lowest BCUT2D eigenvalue weighted by atomic mass is 10.2. The first kappa shape index (κ1) is 12.1. The molecule has 0 saturated carbocycles. The highest BCUT2D eigenvalue weighted by Crippen LogP contribution is 2.19. The van der Waals surface area contributed by atoms with Crippen LogP contribution >= 0.6 is 0 Å². The van der Waals surface area contributed by atoms with Gasteiger partial charge in [0.15, 0.2) is 0 Å². The molecule has 0 radical (unpaired) electrons. The molecule has 0 bridgehead atoms. The maximum Gasteiger partial charge on any atom is 0.338 e. The number of esters is 1. The minimum atomic E-state index is -0.370. The first-order valence-electron chi connectivity index (χ1n) is 5.58. The number of nitrogens with zero attached hydrogens (tertiary/aromatic N) is 1. The average Bonchev–Trinajstić information content (AvgIpc) is 2.41. The second kappa shape index (κ2) is 5.31. The van der Waals surface area contributed by atoms with E-state index >= 15 is 0 Å². The summed E-state index contributed by atoms with van der Waals surface area (Å²) in [6, 6.07) is 11.2. The highest BCUT2D eigenvalue weighted by atomic mass is 16.5. The van der Waals surface area contributed by atoms with Crippen LogP contribution in [0.4, 0.5) is 11.5 Å². The molecule has 18 heavy (non-hydrogen) atoms. The molecule has 1 heterocycles. The minimum Gasteiger partial charge on any atom is -0.465 e. The number of carbonyl (C=O) groups is 1. The third kappa shape index (κ3) is 2.66. The SMILES string of the molecule is COC(=O)c1ccnc(Nc2ccccc2C)c1. The molecule has 0 fully saturated rings. The Morgan fingerprint density at radius 3 is 2.78 bits per heavy atom. The van der Waals surface area contributed by atoms with E-state index in [1.165, 1.54) is 7.11 Å². The Hall–Kier alpha value is -2.36. The van der Waals surface area contributed by atoms with Gasteiger partial charge in [0.25, 0.3) is 0 Å². The van der Waals surface area contributed by atoms with Gasteiger partial charge in [-0.1, -0.05) is 18.2 Å². The van der Waals surface area contributed by atoms with E-state index in [4.69, 9.17) is 0 Å². The largest absolute Gasteiger partial charge is 0.465 e. The van der Waals surface area contributed by atoms with E-state index in [0.717, 1.165) is 11.3 Å². The predicted molar refractivity (Wildman–Crippen MR) is 70.0 cm³/mol. The lowest BCUT2D eigenvalue weighted by molar-refractivity contribution is 0.0600. The highest BCUT2D eigenvalue weighted by molar-refractivity contribution is 5.90. The Balaban J connectivity index is 2.25. The molecule has 2 rings (SSSR count). The number of pyridine rings is 1. The van der Waals surface area contributed by atoms with E-state index in [-0.39, 0.29) is 5.97 Å². The molecular formula is C14H14N2O2. The summed E-state index contributed by atoms with van der Waals surface area (Å²) in [4.78, 5) is 15.6. The summed E-state index contributed by atoms with van der Waals surface area (Å²) in [5, 5.41) is 3.17. The fourth-order valence-corrected chi connectivity index (χ4v) is 1.59. The summed E-state index contributed by atoms with van der Waals surface area (Å²) in [6.45, 7) is 2.01. The van der Waals surface area contributed by atoms with Crippen LogP contribution in [0.15, 0.2) is 42.6 Å². The quantitative estimate of drug-likeness (QED) is 0.841. The van der Waals surface area contributed by atoms with Crippen LogP contribution in [0.3, 0.4) is 0 Å². The van der Waals surface area contributed by atoms with Gasteiger partial charge in [0.1, 0.15) is 5.82 Å². The van der Waals surface area contributed by atoms with Gasteiger partial charge in [-0.2, -0.15) is 0 Å². The van der Waals surface area contributed by atoms with E-state index in [0.29, 0.717) is 11.4 Å². The van der Waals surface area contributed by atoms with Gasteiger partial charge in [0.2, 0.25) is 0 Å². The molecule has 4 nitrogen and oxygen atoms in total. The Morgan fingerprint density at radius 1 is 1.28 bits per heavy atom. The van der Waals surface area contributed by atoms with E-state index in [1.807, 2.05) is 31.2 Å². The zero-order valence-electron chi connectivity index (χ0n) is 10.3. The molecule has 0 spiro atoms. The predicted octanol–water partition coefficient (Wildman–Crippen LogP) is 2.92. The van der Waals surface area contributed by atoms with Crippen molar-refractivity contribution in [1.29, 1.82) is 0 Å². The number of rotatable bonds is 3. The number of aromatic nitrogens is 1. The van der Waals surface area contributed by atoms with Crippen LogP contribution in [-0.2, 0) is 4.74 Å². The summed E-state index contributed by atoms with van der Waals surface area (Å²) in [6.07, 6.45) is 1.58. The fourth-order valence-electron chi connectivity index (χ4n) is 1.59. The minimum absolute atomic E-state index is 0.370. The van der Waals surface area contributed by atoms with Crippen molar-refractivity contribution in [2.45, 2.75) is 6.92 Å². The molecule has 0 aliphatic carbocycles. The van der Waals surface area contributed by atoms with Crippen LogP contribution < -0.4 is 5.32 Å². The molecule has 0 atom stereocenters. The normalized spacial score (nSPS) is 9.89. The van der Waals surface area contributed by atoms with Gasteiger partial charge in [-0.25, -0.2) is 9.78 Å². The van der Waals surface area contributed by atoms with Gasteiger partial charge in [-0.05, 0) is 30.7 Å². The standard InChI is InChI=1S/C14H14N2O2/c1-10-5-3-4-6-12(10)16-13-9-11(7-8-15-13)14(17)18-2/h3-9H,1-2H3,(H,15,16). The van der Waals surface area contributed by atoms with Crippen molar-refractivity contribution in [2.75, 3.05) is 12.4 Å². The van der Waals surface area contributed by atoms with E-state index in [2.05, 4.69) is 15.0 Å². The third-order valence-electron chi connectivity index (χ3n) is 2.59. The smallest absolute Gasteiger partial charge is 0.338 e. The van der Waals surface area contributed by atoms with Gasteiger partial charge in [-0.15, -0.1) is 0 Å². The van der Waals surface area contributed by atoms with E-state index in [1.54, 1.807) is 18.3 Å². The van der Waals surface area contributed by atoms with Crippen molar-refractivity contribution in [3.05, 3.63) is 53.7 Å². The topological polar surface area (TPSA) is 51.2 Å². The number of methoxy groups -OCH3 is 1. The zero-order chi connectivity index (χ0) is 13.0. The van der Waals surface area contributed by atoms with Gasteiger partial charge < -0.3 is 10.1 Å². The van der Waals surface area contributed by atoms with Crippen LogP contribution in [0.2, 0.25) is 0 Å². The van der Waals surface area contributed by atoms with Crippen LogP contribution in [0, 0.1) is 6.92 Å². The van der Waals surface area contributed by atoms with Gasteiger partial charge in [0.05, 0.1) is 12.7 Å². The number of para-hydroxylation sites is 1. The molecule has 1 aromatic carbocycles. The Kier molecular flexibility index (Phi) is 3.57. The molecular weight excluding hydrogens is 228 g/mol.